The van der Waals surface area contributed by atoms with E-state index in [1.54, 1.807) is 24.3 Å². The number of rotatable bonds is 2. The second kappa shape index (κ2) is 4.54. The van der Waals surface area contributed by atoms with Crippen molar-refractivity contribution in [2.45, 2.75) is 5.66 Å². The molecule has 16 heavy (non-hydrogen) atoms. The van der Waals surface area contributed by atoms with E-state index in [2.05, 4.69) is 9.24 Å². The number of hydrogen-bond acceptors (Lipinski definition) is 2. The normalized spacial score (nSPS) is 10.6. The molecular weight excluding hydrogens is 219 g/mol. The van der Waals surface area contributed by atoms with Crippen molar-refractivity contribution in [2.75, 3.05) is 0 Å². The van der Waals surface area contributed by atoms with Crippen molar-refractivity contribution in [1.29, 1.82) is 0 Å². The lowest BCUT2D eigenvalue weighted by Gasteiger charge is -2.12. The third kappa shape index (κ3) is 2.34. The van der Waals surface area contributed by atoms with Gasteiger partial charge in [0, 0.05) is 5.66 Å². The Kier molecular flexibility index (Phi) is 3.12. The van der Waals surface area contributed by atoms with Crippen molar-refractivity contribution in [3.05, 3.63) is 59.7 Å². The van der Waals surface area contributed by atoms with Gasteiger partial charge in [-0.05, 0) is 35.4 Å². The highest BCUT2D eigenvalue weighted by molar-refractivity contribution is 7.17. The molecule has 0 radical (unpaired) electrons. The van der Waals surface area contributed by atoms with Crippen LogP contribution in [0.4, 0.5) is 0 Å². The van der Waals surface area contributed by atoms with Gasteiger partial charge in [-0.2, -0.15) is 0 Å². The summed E-state index contributed by atoms with van der Waals surface area (Å²) in [6, 6.07) is 14.2. The SMILES string of the molecule is Oc1ccc(C(P)c2ccc(O)cc2)cc1. The summed E-state index contributed by atoms with van der Waals surface area (Å²) in [5, 5.41) is 18.4. The zero-order valence-electron chi connectivity index (χ0n) is 8.67. The maximum atomic E-state index is 9.21. The molecule has 0 aliphatic heterocycles. The van der Waals surface area contributed by atoms with Crippen molar-refractivity contribution in [1.82, 2.24) is 0 Å². The summed E-state index contributed by atoms with van der Waals surface area (Å²) >= 11 is 0. The number of phenolic OH excluding ortho intramolecular Hbond substituents is 2. The summed E-state index contributed by atoms with van der Waals surface area (Å²) in [6.07, 6.45) is 0. The van der Waals surface area contributed by atoms with Gasteiger partial charge in [0.2, 0.25) is 0 Å². The molecule has 0 bridgehead atoms. The van der Waals surface area contributed by atoms with Crippen molar-refractivity contribution in [3.63, 3.8) is 0 Å². The van der Waals surface area contributed by atoms with E-state index in [9.17, 15) is 10.2 Å². The lowest BCUT2D eigenvalue weighted by atomic mass is 10.0. The fourth-order valence-corrected chi connectivity index (χ4v) is 2.00. The van der Waals surface area contributed by atoms with Gasteiger partial charge in [0.25, 0.3) is 0 Å². The number of hydrogen-bond donors (Lipinski definition) is 2. The molecule has 0 saturated heterocycles. The lowest BCUT2D eigenvalue weighted by molar-refractivity contribution is 0.475. The summed E-state index contributed by atoms with van der Waals surface area (Å²) in [6.45, 7) is 0. The zero-order chi connectivity index (χ0) is 11.5. The lowest BCUT2D eigenvalue weighted by Crippen LogP contribution is -1.91. The molecule has 2 rings (SSSR count). The van der Waals surface area contributed by atoms with Crippen LogP contribution in [-0.4, -0.2) is 10.2 Å². The monoisotopic (exact) mass is 232 g/mol. The molecule has 2 aromatic carbocycles. The van der Waals surface area contributed by atoms with Gasteiger partial charge in [-0.3, -0.25) is 0 Å². The Morgan fingerprint density at radius 1 is 0.688 bits per heavy atom. The van der Waals surface area contributed by atoms with Gasteiger partial charge in [-0.1, -0.05) is 24.3 Å². The topological polar surface area (TPSA) is 40.5 Å². The van der Waals surface area contributed by atoms with Crippen molar-refractivity contribution < 1.29 is 10.2 Å². The number of phenols is 2. The second-order valence-corrected chi connectivity index (χ2v) is 4.33. The highest BCUT2D eigenvalue weighted by atomic mass is 31.0. The second-order valence-electron chi connectivity index (χ2n) is 3.66. The van der Waals surface area contributed by atoms with Crippen LogP contribution < -0.4 is 0 Å². The first-order valence-electron chi connectivity index (χ1n) is 5.00. The maximum Gasteiger partial charge on any atom is 0.115 e. The molecule has 82 valence electrons. The predicted octanol–water partition coefficient (Wildman–Crippen LogP) is 3.06. The molecule has 0 fully saturated rings. The van der Waals surface area contributed by atoms with E-state index >= 15 is 0 Å². The number of aromatic hydroxyl groups is 2. The smallest absolute Gasteiger partial charge is 0.115 e. The van der Waals surface area contributed by atoms with Crippen LogP contribution >= 0.6 is 9.24 Å². The molecule has 2 aromatic rings. The van der Waals surface area contributed by atoms with Gasteiger partial charge < -0.3 is 10.2 Å². The van der Waals surface area contributed by atoms with E-state index in [1.807, 2.05) is 24.3 Å². The van der Waals surface area contributed by atoms with Gasteiger partial charge in [-0.15, -0.1) is 9.24 Å². The van der Waals surface area contributed by atoms with Gasteiger partial charge in [0.15, 0.2) is 0 Å². The average Bonchev–Trinajstić information content (AvgIpc) is 2.30. The fourth-order valence-electron chi connectivity index (χ4n) is 1.56. The first-order valence-corrected chi connectivity index (χ1v) is 5.67. The third-order valence-electron chi connectivity index (χ3n) is 2.50. The minimum absolute atomic E-state index is 0.168. The Labute approximate surface area is 96.8 Å². The van der Waals surface area contributed by atoms with E-state index in [-0.39, 0.29) is 17.2 Å². The van der Waals surface area contributed by atoms with Crippen molar-refractivity contribution in [2.24, 2.45) is 0 Å². The summed E-state index contributed by atoms with van der Waals surface area (Å²) in [7, 11) is 2.76. The molecule has 0 aromatic heterocycles. The fraction of sp³-hybridized carbons (Fsp3) is 0.0769. The largest absolute Gasteiger partial charge is 0.508 e. The Morgan fingerprint density at radius 2 is 1.00 bits per heavy atom. The highest BCUT2D eigenvalue weighted by Gasteiger charge is 2.08. The summed E-state index contributed by atoms with van der Waals surface area (Å²) in [5.41, 5.74) is 2.38. The van der Waals surface area contributed by atoms with Crippen LogP contribution in [0.3, 0.4) is 0 Å². The molecule has 3 heteroatoms. The van der Waals surface area contributed by atoms with Gasteiger partial charge in [0.05, 0.1) is 0 Å². The third-order valence-corrected chi connectivity index (χ3v) is 3.27. The number of benzene rings is 2. The Hall–Kier alpha value is -1.53. The summed E-state index contributed by atoms with van der Waals surface area (Å²) in [5.74, 6) is 0.540. The molecule has 0 aliphatic carbocycles. The molecule has 1 unspecified atom stereocenters. The van der Waals surface area contributed by atoms with Crippen molar-refractivity contribution in [3.8, 4) is 11.5 Å². The summed E-state index contributed by atoms with van der Waals surface area (Å²) in [4.78, 5) is 0. The average molecular weight is 232 g/mol. The van der Waals surface area contributed by atoms with Crippen LogP contribution in [0, 0.1) is 0 Å². The van der Waals surface area contributed by atoms with Crippen molar-refractivity contribution >= 4 is 9.24 Å². The first kappa shape index (κ1) is 11.0. The molecule has 0 saturated carbocycles. The van der Waals surface area contributed by atoms with Gasteiger partial charge in [-0.25, -0.2) is 0 Å². The van der Waals surface area contributed by atoms with Gasteiger partial charge in [0.1, 0.15) is 11.5 Å². The van der Waals surface area contributed by atoms with Crippen LogP contribution in [-0.2, 0) is 0 Å². The Balaban J connectivity index is 2.28. The quantitative estimate of drug-likeness (QED) is 0.781. The molecule has 0 heterocycles. The Bertz CT molecular complexity index is 417. The van der Waals surface area contributed by atoms with Crippen LogP contribution in [0.15, 0.2) is 48.5 Å². The van der Waals surface area contributed by atoms with E-state index in [1.165, 1.54) is 0 Å². The van der Waals surface area contributed by atoms with Crippen LogP contribution in [0.5, 0.6) is 11.5 Å². The van der Waals surface area contributed by atoms with Crippen LogP contribution in [0.25, 0.3) is 0 Å². The minimum Gasteiger partial charge on any atom is -0.508 e. The molecule has 2 nitrogen and oxygen atoms in total. The molecule has 1 atom stereocenters. The first-order chi connectivity index (χ1) is 7.66. The van der Waals surface area contributed by atoms with Gasteiger partial charge >= 0.3 is 0 Å². The standard InChI is InChI=1S/C13H13O2P/c14-11-5-1-9(2-6-11)13(16)10-3-7-12(15)8-4-10/h1-8,13-15H,16H2. The molecule has 2 N–H and O–H groups in total. The van der Waals surface area contributed by atoms with E-state index < -0.39 is 0 Å². The minimum atomic E-state index is 0.168. The van der Waals surface area contributed by atoms with Crippen LogP contribution in [0.1, 0.15) is 16.8 Å². The molecular formula is C13H13O2P. The summed E-state index contributed by atoms with van der Waals surface area (Å²) < 4.78 is 0. The van der Waals surface area contributed by atoms with E-state index in [0.29, 0.717) is 0 Å². The van der Waals surface area contributed by atoms with Crippen LogP contribution in [0.2, 0.25) is 0 Å². The molecule has 0 aliphatic rings. The highest BCUT2D eigenvalue weighted by Crippen LogP contribution is 2.32. The predicted molar refractivity (Wildman–Crippen MR) is 67.8 cm³/mol. The molecule has 0 spiro atoms. The van der Waals surface area contributed by atoms with E-state index in [0.717, 1.165) is 11.1 Å². The Morgan fingerprint density at radius 3 is 1.31 bits per heavy atom. The maximum absolute atomic E-state index is 9.21. The van der Waals surface area contributed by atoms with E-state index in [4.69, 9.17) is 0 Å². The molecule has 0 amide bonds. The zero-order valence-corrected chi connectivity index (χ0v) is 9.82.